The lowest BCUT2D eigenvalue weighted by Crippen LogP contribution is -2.58. The summed E-state index contributed by atoms with van der Waals surface area (Å²) in [6, 6.07) is 0. The van der Waals surface area contributed by atoms with Crippen LogP contribution in [0.1, 0.15) is 54.4 Å². The summed E-state index contributed by atoms with van der Waals surface area (Å²) < 4.78 is 10.3. The number of ether oxygens (including phenoxy) is 2. The van der Waals surface area contributed by atoms with Crippen molar-refractivity contribution >= 4 is 12.1 Å². The lowest BCUT2D eigenvalue weighted by atomic mass is 9.90. The Morgan fingerprint density at radius 2 is 1.50 bits per heavy atom. The summed E-state index contributed by atoms with van der Waals surface area (Å²) in [6.45, 7) is 12.4. The van der Waals surface area contributed by atoms with Crippen molar-refractivity contribution < 1.29 is 19.1 Å². The van der Waals surface area contributed by atoms with Gasteiger partial charge in [-0.25, -0.2) is 9.59 Å². The minimum absolute atomic E-state index is 0.242. The molecule has 0 aromatic rings. The van der Waals surface area contributed by atoms with E-state index in [4.69, 9.17) is 9.47 Å². The molecule has 0 spiro atoms. The summed E-state index contributed by atoms with van der Waals surface area (Å²) in [5.74, 6) is -0.106. The molecule has 0 heterocycles. The van der Waals surface area contributed by atoms with Gasteiger partial charge in [-0.1, -0.05) is 27.7 Å². The molecule has 0 fully saturated rings. The average molecular weight is 287 g/mol. The van der Waals surface area contributed by atoms with Crippen molar-refractivity contribution in [2.45, 2.75) is 59.9 Å². The molecule has 0 aliphatic rings. The van der Waals surface area contributed by atoms with Crippen molar-refractivity contribution in [1.29, 1.82) is 0 Å². The molecule has 0 bridgehead atoms. The smallest absolute Gasteiger partial charge is 0.410 e. The molecule has 118 valence electrons. The number of esters is 1. The quantitative estimate of drug-likeness (QED) is 0.643. The molecule has 0 saturated heterocycles. The van der Waals surface area contributed by atoms with Gasteiger partial charge in [0.15, 0.2) is 0 Å². The van der Waals surface area contributed by atoms with E-state index in [9.17, 15) is 9.59 Å². The SMILES string of the molecule is CCOC(=O)N(CC(C)C)C(CC)(CC)C(=O)OCC. The Labute approximate surface area is 122 Å². The van der Waals surface area contributed by atoms with Crippen LogP contribution in [0.5, 0.6) is 0 Å². The van der Waals surface area contributed by atoms with Gasteiger partial charge < -0.3 is 9.47 Å². The third-order valence-corrected chi connectivity index (χ3v) is 3.38. The Bertz CT molecular complexity index is 311. The van der Waals surface area contributed by atoms with Gasteiger partial charge in [-0.15, -0.1) is 0 Å². The number of amides is 1. The van der Waals surface area contributed by atoms with Crippen molar-refractivity contribution in [1.82, 2.24) is 4.90 Å². The van der Waals surface area contributed by atoms with Crippen molar-refractivity contribution in [3.8, 4) is 0 Å². The number of carbonyl (C=O) groups excluding carboxylic acids is 2. The van der Waals surface area contributed by atoms with E-state index in [1.54, 1.807) is 18.7 Å². The third-order valence-electron chi connectivity index (χ3n) is 3.38. The average Bonchev–Trinajstić information content (AvgIpc) is 2.39. The molecular formula is C15H29NO4. The van der Waals surface area contributed by atoms with Gasteiger partial charge in [-0.2, -0.15) is 0 Å². The Morgan fingerprint density at radius 3 is 1.85 bits per heavy atom. The van der Waals surface area contributed by atoms with Crippen molar-refractivity contribution in [2.75, 3.05) is 19.8 Å². The topological polar surface area (TPSA) is 55.8 Å². The number of carbonyl (C=O) groups is 2. The monoisotopic (exact) mass is 287 g/mol. The molecule has 0 saturated carbocycles. The van der Waals surface area contributed by atoms with E-state index in [2.05, 4.69) is 0 Å². The molecule has 20 heavy (non-hydrogen) atoms. The molecule has 1 amide bonds. The molecule has 0 aromatic carbocycles. The second kappa shape index (κ2) is 8.82. The molecule has 0 radical (unpaired) electrons. The predicted octanol–water partition coefficient (Wildman–Crippen LogP) is 3.22. The summed E-state index contributed by atoms with van der Waals surface area (Å²) in [4.78, 5) is 26.2. The third kappa shape index (κ3) is 4.39. The summed E-state index contributed by atoms with van der Waals surface area (Å²) in [5, 5.41) is 0. The zero-order valence-corrected chi connectivity index (χ0v) is 13.7. The van der Waals surface area contributed by atoms with Gasteiger partial charge in [0, 0.05) is 6.54 Å². The molecular weight excluding hydrogens is 258 g/mol. The first kappa shape index (κ1) is 18.7. The first-order chi connectivity index (χ1) is 9.39. The number of rotatable bonds is 8. The summed E-state index contributed by atoms with van der Waals surface area (Å²) in [6.07, 6.45) is 0.569. The molecule has 5 nitrogen and oxygen atoms in total. The van der Waals surface area contributed by atoms with Gasteiger partial charge in [0.2, 0.25) is 0 Å². The molecule has 0 aliphatic carbocycles. The highest BCUT2D eigenvalue weighted by Gasteiger charge is 2.45. The number of nitrogens with zero attached hydrogens (tertiary/aromatic N) is 1. The Balaban J connectivity index is 5.49. The van der Waals surface area contributed by atoms with Crippen LogP contribution in [0.3, 0.4) is 0 Å². The minimum atomic E-state index is -0.938. The van der Waals surface area contributed by atoms with Crippen LogP contribution >= 0.6 is 0 Å². The highest BCUT2D eigenvalue weighted by Crippen LogP contribution is 2.28. The van der Waals surface area contributed by atoms with Gasteiger partial charge in [-0.05, 0) is 32.6 Å². The summed E-state index contributed by atoms with van der Waals surface area (Å²) in [7, 11) is 0. The van der Waals surface area contributed by atoms with Crippen LogP contribution in [0.4, 0.5) is 4.79 Å². The second-order valence-corrected chi connectivity index (χ2v) is 5.16. The predicted molar refractivity (Wildman–Crippen MR) is 78.5 cm³/mol. The highest BCUT2D eigenvalue weighted by atomic mass is 16.6. The van der Waals surface area contributed by atoms with E-state index in [-0.39, 0.29) is 11.9 Å². The fraction of sp³-hybridized carbons (Fsp3) is 0.867. The summed E-state index contributed by atoms with van der Waals surface area (Å²) in [5.41, 5.74) is -0.938. The van der Waals surface area contributed by atoms with Crippen LogP contribution in [0.15, 0.2) is 0 Å². The zero-order chi connectivity index (χ0) is 15.8. The lowest BCUT2D eigenvalue weighted by molar-refractivity contribution is -0.158. The van der Waals surface area contributed by atoms with Crippen molar-refractivity contribution in [3.63, 3.8) is 0 Å². The van der Waals surface area contributed by atoms with Crippen molar-refractivity contribution in [2.24, 2.45) is 5.92 Å². The van der Waals surface area contributed by atoms with Gasteiger partial charge >= 0.3 is 12.1 Å². The molecule has 0 rings (SSSR count). The van der Waals surface area contributed by atoms with Crippen LogP contribution in [0.25, 0.3) is 0 Å². The molecule has 0 unspecified atom stereocenters. The summed E-state index contributed by atoms with van der Waals surface area (Å²) >= 11 is 0. The number of hydrogen-bond acceptors (Lipinski definition) is 4. The maximum Gasteiger partial charge on any atom is 0.410 e. The van der Waals surface area contributed by atoms with E-state index >= 15 is 0 Å². The Kier molecular flexibility index (Phi) is 8.26. The number of hydrogen-bond donors (Lipinski definition) is 0. The lowest BCUT2D eigenvalue weighted by Gasteiger charge is -2.40. The Hall–Kier alpha value is -1.26. The fourth-order valence-electron chi connectivity index (χ4n) is 2.29. The van der Waals surface area contributed by atoms with E-state index in [1.165, 1.54) is 0 Å². The van der Waals surface area contributed by atoms with Crippen LogP contribution in [0.2, 0.25) is 0 Å². The van der Waals surface area contributed by atoms with E-state index in [0.717, 1.165) is 0 Å². The molecule has 0 atom stereocenters. The second-order valence-electron chi connectivity index (χ2n) is 5.16. The van der Waals surface area contributed by atoms with Crippen LogP contribution < -0.4 is 0 Å². The van der Waals surface area contributed by atoms with Crippen LogP contribution in [-0.2, 0) is 14.3 Å². The van der Waals surface area contributed by atoms with Crippen molar-refractivity contribution in [3.05, 3.63) is 0 Å². The van der Waals surface area contributed by atoms with Crippen LogP contribution in [-0.4, -0.2) is 42.3 Å². The maximum atomic E-state index is 12.4. The maximum absolute atomic E-state index is 12.4. The van der Waals surface area contributed by atoms with Gasteiger partial charge in [0.1, 0.15) is 5.54 Å². The molecule has 5 heteroatoms. The Morgan fingerprint density at radius 1 is 1.00 bits per heavy atom. The largest absolute Gasteiger partial charge is 0.464 e. The van der Waals surface area contributed by atoms with Gasteiger partial charge in [0.25, 0.3) is 0 Å². The highest BCUT2D eigenvalue weighted by molar-refractivity contribution is 5.85. The zero-order valence-electron chi connectivity index (χ0n) is 13.7. The molecule has 0 aromatic heterocycles. The minimum Gasteiger partial charge on any atom is -0.464 e. The van der Waals surface area contributed by atoms with Crippen LogP contribution in [0, 0.1) is 5.92 Å². The van der Waals surface area contributed by atoms with E-state index in [0.29, 0.717) is 32.6 Å². The fourth-order valence-corrected chi connectivity index (χ4v) is 2.29. The van der Waals surface area contributed by atoms with E-state index < -0.39 is 11.6 Å². The first-order valence-electron chi connectivity index (χ1n) is 7.51. The van der Waals surface area contributed by atoms with Gasteiger partial charge in [-0.3, -0.25) is 4.90 Å². The standard InChI is InChI=1S/C15H29NO4/c1-7-15(8-2,13(17)19-9-3)16(11-12(5)6)14(18)20-10-4/h12H,7-11H2,1-6H3. The van der Waals surface area contributed by atoms with Gasteiger partial charge in [0.05, 0.1) is 13.2 Å². The molecule has 0 N–H and O–H groups in total. The normalized spacial score (nSPS) is 11.3. The molecule has 0 aliphatic heterocycles. The first-order valence-corrected chi connectivity index (χ1v) is 7.51. The van der Waals surface area contributed by atoms with E-state index in [1.807, 2.05) is 27.7 Å².